The molecule has 4 nitrogen and oxygen atoms in total. The van der Waals surface area contributed by atoms with E-state index in [4.69, 9.17) is 4.74 Å². The fraction of sp³-hybridized carbons (Fsp3) is 0.417. The van der Waals surface area contributed by atoms with Crippen molar-refractivity contribution in [3.8, 4) is 5.75 Å². The second-order valence-electron chi connectivity index (χ2n) is 8.53. The number of benzene rings is 3. The molecule has 3 atom stereocenters. The molecule has 0 radical (unpaired) electrons. The van der Waals surface area contributed by atoms with Crippen molar-refractivity contribution in [1.82, 2.24) is 4.90 Å². The van der Waals surface area contributed by atoms with Crippen LogP contribution in [0.1, 0.15) is 28.7 Å². The highest BCUT2D eigenvalue weighted by atomic mass is 16.5. The summed E-state index contributed by atoms with van der Waals surface area (Å²) in [6, 6.07) is 11.4. The molecule has 3 aromatic carbocycles. The zero-order valence-electron chi connectivity index (χ0n) is 16.7. The molecule has 0 saturated carbocycles. The smallest absolute Gasteiger partial charge is 0.122 e. The van der Waals surface area contributed by atoms with Gasteiger partial charge in [-0.05, 0) is 77.1 Å². The Bertz CT molecular complexity index is 1090. The lowest BCUT2D eigenvalue weighted by Crippen LogP contribution is -2.54. The van der Waals surface area contributed by atoms with E-state index in [-0.39, 0.29) is 6.04 Å². The van der Waals surface area contributed by atoms with Crippen LogP contribution >= 0.6 is 0 Å². The number of piperidine rings is 1. The van der Waals surface area contributed by atoms with Crippen molar-refractivity contribution in [2.75, 3.05) is 13.7 Å². The molecule has 2 aliphatic heterocycles. The highest BCUT2D eigenvalue weighted by molar-refractivity contribution is 6.11. The van der Waals surface area contributed by atoms with Crippen molar-refractivity contribution in [3.63, 3.8) is 0 Å². The van der Waals surface area contributed by atoms with Gasteiger partial charge in [-0.3, -0.25) is 4.90 Å². The van der Waals surface area contributed by atoms with E-state index in [0.717, 1.165) is 24.3 Å². The van der Waals surface area contributed by atoms with Crippen molar-refractivity contribution in [2.24, 2.45) is 0 Å². The number of methoxy groups -OCH3 is 1. The summed E-state index contributed by atoms with van der Waals surface area (Å²) in [5.41, 5.74) is 5.13. The number of ether oxygens (including phenoxy) is 1. The summed E-state index contributed by atoms with van der Waals surface area (Å²) < 4.78 is 5.63. The number of rotatable bonds is 1. The third-order valence-corrected chi connectivity index (χ3v) is 6.71. The molecule has 0 bridgehead atoms. The molecule has 0 unspecified atom stereocenters. The Morgan fingerprint density at radius 3 is 2.50 bits per heavy atom. The minimum absolute atomic E-state index is 0.268. The van der Waals surface area contributed by atoms with Crippen LogP contribution < -0.4 is 4.74 Å². The zero-order valence-corrected chi connectivity index (χ0v) is 16.7. The average Bonchev–Trinajstić information content (AvgIpc) is 2.67. The molecular weight excluding hydrogens is 350 g/mol. The van der Waals surface area contributed by atoms with E-state index in [0.29, 0.717) is 13.0 Å². The number of aliphatic hydroxyl groups is 2. The molecule has 0 aliphatic carbocycles. The first-order valence-electron chi connectivity index (χ1n) is 10.1. The van der Waals surface area contributed by atoms with Crippen LogP contribution in [0.5, 0.6) is 5.75 Å². The summed E-state index contributed by atoms with van der Waals surface area (Å²) in [5, 5.41) is 25.5. The van der Waals surface area contributed by atoms with Gasteiger partial charge in [0.1, 0.15) is 5.75 Å². The Balaban J connectivity index is 1.80. The number of aliphatic hydroxyl groups excluding tert-OH is 2. The second-order valence-corrected chi connectivity index (χ2v) is 8.53. The van der Waals surface area contributed by atoms with E-state index in [9.17, 15) is 10.2 Å². The van der Waals surface area contributed by atoms with E-state index in [1.54, 1.807) is 7.11 Å². The van der Waals surface area contributed by atoms with Gasteiger partial charge in [-0.15, -0.1) is 0 Å². The monoisotopic (exact) mass is 377 g/mol. The molecule has 4 heteroatoms. The van der Waals surface area contributed by atoms with E-state index in [2.05, 4.69) is 49.1 Å². The SMILES string of the molecule is COc1cc2c3c(c4ccc(C)cc4c2cc1C)CN1C[C@@H](O)[C@H](O)C[C@@H]1C3. The summed E-state index contributed by atoms with van der Waals surface area (Å²) >= 11 is 0. The Morgan fingerprint density at radius 2 is 1.71 bits per heavy atom. The van der Waals surface area contributed by atoms with Gasteiger partial charge >= 0.3 is 0 Å². The summed E-state index contributed by atoms with van der Waals surface area (Å²) in [6.07, 6.45) is 0.228. The Morgan fingerprint density at radius 1 is 0.929 bits per heavy atom. The fourth-order valence-electron chi connectivity index (χ4n) is 5.20. The normalized spacial score (nSPS) is 25.0. The van der Waals surface area contributed by atoms with Crippen LogP contribution in [0.25, 0.3) is 21.5 Å². The summed E-state index contributed by atoms with van der Waals surface area (Å²) in [4.78, 5) is 2.34. The maximum atomic E-state index is 10.2. The molecule has 2 aliphatic rings. The van der Waals surface area contributed by atoms with Gasteiger partial charge < -0.3 is 14.9 Å². The highest BCUT2D eigenvalue weighted by Crippen LogP contribution is 2.41. The van der Waals surface area contributed by atoms with Gasteiger partial charge in [0.15, 0.2) is 0 Å². The van der Waals surface area contributed by atoms with Crippen molar-refractivity contribution in [2.45, 2.75) is 51.5 Å². The van der Waals surface area contributed by atoms with E-state index in [1.165, 1.54) is 38.2 Å². The first kappa shape index (κ1) is 17.9. The zero-order chi connectivity index (χ0) is 19.6. The molecule has 1 fully saturated rings. The van der Waals surface area contributed by atoms with E-state index in [1.807, 2.05) is 0 Å². The first-order chi connectivity index (χ1) is 13.5. The molecule has 0 amide bonds. The number of fused-ring (bicyclic) bond motifs is 7. The Hall–Kier alpha value is -2.14. The maximum absolute atomic E-state index is 10.2. The largest absolute Gasteiger partial charge is 0.496 e. The molecule has 28 heavy (non-hydrogen) atoms. The summed E-state index contributed by atoms with van der Waals surface area (Å²) in [6.45, 7) is 5.59. The quantitative estimate of drug-likeness (QED) is 0.638. The molecule has 146 valence electrons. The van der Waals surface area contributed by atoms with Gasteiger partial charge in [0, 0.05) is 19.1 Å². The summed E-state index contributed by atoms with van der Waals surface area (Å²) in [7, 11) is 1.73. The molecular formula is C24H27NO3. The van der Waals surface area contributed by atoms with Gasteiger partial charge in [0.05, 0.1) is 19.3 Å². The van der Waals surface area contributed by atoms with E-state index < -0.39 is 12.2 Å². The number of aryl methyl sites for hydroxylation is 2. The van der Waals surface area contributed by atoms with Gasteiger partial charge in [-0.25, -0.2) is 0 Å². The van der Waals surface area contributed by atoms with Crippen molar-refractivity contribution < 1.29 is 14.9 Å². The van der Waals surface area contributed by atoms with Crippen LogP contribution in [0.4, 0.5) is 0 Å². The number of nitrogens with zero attached hydrogens (tertiary/aromatic N) is 1. The first-order valence-corrected chi connectivity index (χ1v) is 10.1. The number of hydrogen-bond donors (Lipinski definition) is 2. The molecule has 5 rings (SSSR count). The Labute approximate surface area is 165 Å². The van der Waals surface area contributed by atoms with Crippen LogP contribution in [-0.4, -0.2) is 47.0 Å². The third kappa shape index (κ3) is 2.63. The van der Waals surface area contributed by atoms with Gasteiger partial charge in [-0.2, -0.15) is 0 Å². The average molecular weight is 377 g/mol. The predicted molar refractivity (Wildman–Crippen MR) is 112 cm³/mol. The van der Waals surface area contributed by atoms with Crippen LogP contribution in [0.2, 0.25) is 0 Å². The molecule has 0 spiro atoms. The lowest BCUT2D eigenvalue weighted by atomic mass is 9.81. The Kier molecular flexibility index (Phi) is 4.13. The van der Waals surface area contributed by atoms with Gasteiger partial charge in [0.25, 0.3) is 0 Å². The third-order valence-electron chi connectivity index (χ3n) is 6.71. The molecule has 0 aromatic heterocycles. The lowest BCUT2D eigenvalue weighted by molar-refractivity contribution is -0.0663. The lowest BCUT2D eigenvalue weighted by Gasteiger charge is -2.44. The molecule has 3 aromatic rings. The van der Waals surface area contributed by atoms with Gasteiger partial charge in [0.2, 0.25) is 0 Å². The minimum Gasteiger partial charge on any atom is -0.496 e. The summed E-state index contributed by atoms with van der Waals surface area (Å²) in [5.74, 6) is 0.920. The molecule has 2 heterocycles. The predicted octanol–water partition coefficient (Wildman–Crippen LogP) is 3.47. The van der Waals surface area contributed by atoms with E-state index >= 15 is 0 Å². The highest BCUT2D eigenvalue weighted by Gasteiger charge is 2.37. The van der Waals surface area contributed by atoms with Crippen molar-refractivity contribution >= 4 is 21.5 Å². The fourth-order valence-corrected chi connectivity index (χ4v) is 5.20. The topological polar surface area (TPSA) is 52.9 Å². The standard InChI is InChI=1S/C24H27NO3/c1-13-4-5-16-17(6-13)18-7-14(2)24(28-3)10-20(18)19-8-15-9-22(26)23(27)12-25(15)11-21(16)19/h4-7,10,15,22-23,26-27H,8-9,11-12H2,1-3H3/t15-,22+,23+/m0/s1. The minimum atomic E-state index is -0.658. The van der Waals surface area contributed by atoms with Crippen LogP contribution in [0.15, 0.2) is 30.3 Å². The van der Waals surface area contributed by atoms with Crippen molar-refractivity contribution in [3.05, 3.63) is 52.6 Å². The maximum Gasteiger partial charge on any atom is 0.122 e. The van der Waals surface area contributed by atoms with Crippen LogP contribution in [0.3, 0.4) is 0 Å². The molecule has 2 N–H and O–H groups in total. The van der Waals surface area contributed by atoms with Crippen molar-refractivity contribution in [1.29, 1.82) is 0 Å². The molecule has 1 saturated heterocycles. The second kappa shape index (κ2) is 6.45. The van der Waals surface area contributed by atoms with Gasteiger partial charge in [-0.1, -0.05) is 23.8 Å². The number of hydrogen-bond acceptors (Lipinski definition) is 4. The van der Waals surface area contributed by atoms with Crippen LogP contribution in [0, 0.1) is 13.8 Å². The van der Waals surface area contributed by atoms with Crippen LogP contribution in [-0.2, 0) is 13.0 Å².